The second-order valence-electron chi connectivity index (χ2n) is 6.34. The molecule has 2 aromatic rings. The molecule has 0 radical (unpaired) electrons. The largest absolute Gasteiger partial charge is 0.497 e. The highest BCUT2D eigenvalue weighted by Crippen LogP contribution is 2.29. The highest BCUT2D eigenvalue weighted by atomic mass is 16.5. The van der Waals surface area contributed by atoms with E-state index >= 15 is 0 Å². The Kier molecular flexibility index (Phi) is 6.50. The van der Waals surface area contributed by atoms with Crippen LogP contribution in [-0.2, 0) is 4.79 Å². The van der Waals surface area contributed by atoms with Crippen LogP contribution in [0, 0.1) is 13.8 Å². The summed E-state index contributed by atoms with van der Waals surface area (Å²) in [4.78, 5) is 12.5. The first kappa shape index (κ1) is 19.6. The van der Waals surface area contributed by atoms with Crippen molar-refractivity contribution < 1.29 is 19.0 Å². The van der Waals surface area contributed by atoms with Gasteiger partial charge in [-0.1, -0.05) is 6.07 Å². The summed E-state index contributed by atoms with van der Waals surface area (Å²) >= 11 is 0. The van der Waals surface area contributed by atoms with Crippen LogP contribution in [0.3, 0.4) is 0 Å². The molecule has 0 fully saturated rings. The Morgan fingerprint density at radius 1 is 0.923 bits per heavy atom. The van der Waals surface area contributed by atoms with E-state index in [-0.39, 0.29) is 11.9 Å². The van der Waals surface area contributed by atoms with Crippen LogP contribution in [0.4, 0.5) is 0 Å². The highest BCUT2D eigenvalue weighted by molar-refractivity contribution is 5.81. The van der Waals surface area contributed by atoms with Gasteiger partial charge in [0, 0.05) is 5.56 Å². The van der Waals surface area contributed by atoms with Crippen LogP contribution in [0.2, 0.25) is 0 Å². The van der Waals surface area contributed by atoms with Gasteiger partial charge in [0.2, 0.25) is 0 Å². The standard InChI is InChI=1S/C21H27NO4/c1-13-7-8-18(11-14(13)2)26-16(4)21(23)22-15(3)19-12-17(24-5)9-10-20(19)25-6/h7-12,15-16H,1-6H3,(H,22,23). The lowest BCUT2D eigenvalue weighted by Crippen LogP contribution is -2.37. The molecule has 0 bridgehead atoms. The summed E-state index contributed by atoms with van der Waals surface area (Å²) in [5, 5.41) is 2.97. The second kappa shape index (κ2) is 8.61. The van der Waals surface area contributed by atoms with E-state index in [1.54, 1.807) is 21.1 Å². The lowest BCUT2D eigenvalue weighted by atomic mass is 10.1. The zero-order valence-electron chi connectivity index (χ0n) is 16.3. The van der Waals surface area contributed by atoms with E-state index in [4.69, 9.17) is 14.2 Å². The van der Waals surface area contributed by atoms with Crippen molar-refractivity contribution >= 4 is 5.91 Å². The van der Waals surface area contributed by atoms with Gasteiger partial charge in [-0.25, -0.2) is 0 Å². The van der Waals surface area contributed by atoms with Crippen LogP contribution in [-0.4, -0.2) is 26.2 Å². The van der Waals surface area contributed by atoms with Crippen molar-refractivity contribution in [2.75, 3.05) is 14.2 Å². The van der Waals surface area contributed by atoms with Gasteiger partial charge < -0.3 is 19.5 Å². The van der Waals surface area contributed by atoms with Crippen LogP contribution in [0.15, 0.2) is 36.4 Å². The maximum absolute atomic E-state index is 12.5. The molecule has 2 aromatic carbocycles. The van der Waals surface area contributed by atoms with Gasteiger partial charge in [0.1, 0.15) is 17.2 Å². The first-order valence-corrected chi connectivity index (χ1v) is 8.62. The molecule has 2 rings (SSSR count). The van der Waals surface area contributed by atoms with Crippen molar-refractivity contribution in [3.05, 3.63) is 53.1 Å². The molecule has 0 aliphatic rings. The Morgan fingerprint density at radius 3 is 2.23 bits per heavy atom. The Hall–Kier alpha value is -2.69. The minimum absolute atomic E-state index is 0.194. The summed E-state index contributed by atoms with van der Waals surface area (Å²) in [6.07, 6.45) is -0.615. The van der Waals surface area contributed by atoms with E-state index in [2.05, 4.69) is 5.32 Å². The van der Waals surface area contributed by atoms with Crippen LogP contribution < -0.4 is 19.5 Å². The molecular weight excluding hydrogens is 330 g/mol. The topological polar surface area (TPSA) is 56.8 Å². The maximum atomic E-state index is 12.5. The molecule has 2 atom stereocenters. The minimum Gasteiger partial charge on any atom is -0.497 e. The number of amides is 1. The van der Waals surface area contributed by atoms with Crippen molar-refractivity contribution in [3.63, 3.8) is 0 Å². The molecule has 26 heavy (non-hydrogen) atoms. The third kappa shape index (κ3) is 4.69. The number of benzene rings is 2. The number of carbonyl (C=O) groups is 1. The second-order valence-corrected chi connectivity index (χ2v) is 6.34. The van der Waals surface area contributed by atoms with E-state index in [9.17, 15) is 4.79 Å². The van der Waals surface area contributed by atoms with Crippen LogP contribution in [0.25, 0.3) is 0 Å². The zero-order valence-corrected chi connectivity index (χ0v) is 16.3. The Labute approximate surface area is 155 Å². The van der Waals surface area contributed by atoms with E-state index in [1.807, 2.05) is 57.2 Å². The number of hydrogen-bond donors (Lipinski definition) is 1. The monoisotopic (exact) mass is 357 g/mol. The third-order valence-electron chi connectivity index (χ3n) is 4.42. The van der Waals surface area contributed by atoms with Gasteiger partial charge >= 0.3 is 0 Å². The molecule has 0 aliphatic carbocycles. The van der Waals surface area contributed by atoms with E-state index in [1.165, 1.54) is 5.56 Å². The molecule has 1 N–H and O–H groups in total. The lowest BCUT2D eigenvalue weighted by Gasteiger charge is -2.21. The average Bonchev–Trinajstić information content (AvgIpc) is 2.63. The SMILES string of the molecule is COc1ccc(OC)c(C(C)NC(=O)C(C)Oc2ccc(C)c(C)c2)c1. The van der Waals surface area contributed by atoms with Crippen molar-refractivity contribution in [2.24, 2.45) is 0 Å². The molecule has 2 unspecified atom stereocenters. The summed E-state index contributed by atoms with van der Waals surface area (Å²) in [5.41, 5.74) is 3.16. The van der Waals surface area contributed by atoms with Gasteiger partial charge in [0.05, 0.1) is 20.3 Å². The number of carbonyl (C=O) groups excluding carboxylic acids is 1. The quantitative estimate of drug-likeness (QED) is 0.815. The number of nitrogens with one attached hydrogen (secondary N) is 1. The fraction of sp³-hybridized carbons (Fsp3) is 0.381. The normalized spacial score (nSPS) is 12.8. The van der Waals surface area contributed by atoms with Crippen molar-refractivity contribution in [1.82, 2.24) is 5.32 Å². The molecular formula is C21H27NO4. The number of rotatable bonds is 7. The van der Waals surface area contributed by atoms with Gasteiger partial charge in [0.15, 0.2) is 6.10 Å². The molecule has 0 saturated carbocycles. The number of ether oxygens (including phenoxy) is 3. The lowest BCUT2D eigenvalue weighted by molar-refractivity contribution is -0.127. The predicted octanol–water partition coefficient (Wildman–Crippen LogP) is 3.97. The van der Waals surface area contributed by atoms with E-state index in [0.717, 1.165) is 11.1 Å². The van der Waals surface area contributed by atoms with Crippen LogP contribution in [0.5, 0.6) is 17.2 Å². The zero-order chi connectivity index (χ0) is 19.3. The molecule has 140 valence electrons. The molecule has 0 heterocycles. The average molecular weight is 357 g/mol. The van der Waals surface area contributed by atoms with Crippen molar-refractivity contribution in [2.45, 2.75) is 39.8 Å². The summed E-state index contributed by atoms with van der Waals surface area (Å²) in [6.45, 7) is 7.69. The van der Waals surface area contributed by atoms with E-state index < -0.39 is 6.10 Å². The van der Waals surface area contributed by atoms with Gasteiger partial charge in [0.25, 0.3) is 5.91 Å². The molecule has 0 aromatic heterocycles. The first-order valence-electron chi connectivity index (χ1n) is 8.62. The molecule has 0 aliphatic heterocycles. The molecule has 5 nitrogen and oxygen atoms in total. The Morgan fingerprint density at radius 2 is 1.62 bits per heavy atom. The molecule has 5 heteroatoms. The number of methoxy groups -OCH3 is 2. The van der Waals surface area contributed by atoms with Crippen LogP contribution >= 0.6 is 0 Å². The molecule has 0 saturated heterocycles. The molecule has 1 amide bonds. The fourth-order valence-corrected chi connectivity index (χ4v) is 2.63. The number of aryl methyl sites for hydroxylation is 2. The van der Waals surface area contributed by atoms with E-state index in [0.29, 0.717) is 17.2 Å². The third-order valence-corrected chi connectivity index (χ3v) is 4.42. The smallest absolute Gasteiger partial charge is 0.261 e. The highest BCUT2D eigenvalue weighted by Gasteiger charge is 2.20. The summed E-state index contributed by atoms with van der Waals surface area (Å²) in [5.74, 6) is 1.89. The van der Waals surface area contributed by atoms with Gasteiger partial charge in [-0.2, -0.15) is 0 Å². The minimum atomic E-state index is -0.615. The summed E-state index contributed by atoms with van der Waals surface area (Å²) < 4.78 is 16.4. The maximum Gasteiger partial charge on any atom is 0.261 e. The fourth-order valence-electron chi connectivity index (χ4n) is 2.63. The Bertz CT molecular complexity index is 773. The first-order chi connectivity index (χ1) is 12.3. The predicted molar refractivity (Wildman–Crippen MR) is 102 cm³/mol. The summed E-state index contributed by atoms with van der Waals surface area (Å²) in [7, 11) is 3.21. The van der Waals surface area contributed by atoms with Crippen molar-refractivity contribution in [1.29, 1.82) is 0 Å². The van der Waals surface area contributed by atoms with Gasteiger partial charge in [-0.05, 0) is 69.2 Å². The van der Waals surface area contributed by atoms with Crippen LogP contribution in [0.1, 0.15) is 36.6 Å². The number of hydrogen-bond acceptors (Lipinski definition) is 4. The van der Waals surface area contributed by atoms with Gasteiger partial charge in [-0.15, -0.1) is 0 Å². The Balaban J connectivity index is 2.07. The van der Waals surface area contributed by atoms with Crippen molar-refractivity contribution in [3.8, 4) is 17.2 Å². The van der Waals surface area contributed by atoms with Gasteiger partial charge in [-0.3, -0.25) is 4.79 Å². The molecule has 0 spiro atoms. The summed E-state index contributed by atoms with van der Waals surface area (Å²) in [6, 6.07) is 11.1.